The van der Waals surface area contributed by atoms with Gasteiger partial charge in [0.15, 0.2) is 0 Å². The Bertz CT molecular complexity index is 816. The molecule has 0 amide bonds. The standard InChI is InChI=1S/C21H27NO3S/c1-16(2)20-13-14-22(15-21(25-20)18-7-5-4-6-8-18)26(23,24)19-11-9-17(3)10-12-19/h4-12,16,20-21H,13-15H2,1-3H3/t20-,21+/m1/s1. The van der Waals surface area contributed by atoms with E-state index in [4.69, 9.17) is 4.74 Å². The second kappa shape index (κ2) is 7.91. The van der Waals surface area contributed by atoms with Gasteiger partial charge in [-0.1, -0.05) is 61.9 Å². The number of hydrogen-bond donors (Lipinski definition) is 0. The van der Waals surface area contributed by atoms with E-state index in [9.17, 15) is 8.42 Å². The molecule has 2 atom stereocenters. The first-order valence-electron chi connectivity index (χ1n) is 9.15. The van der Waals surface area contributed by atoms with Crippen LogP contribution in [0, 0.1) is 12.8 Å². The average molecular weight is 374 g/mol. The highest BCUT2D eigenvalue weighted by Crippen LogP contribution is 2.30. The topological polar surface area (TPSA) is 46.6 Å². The zero-order chi connectivity index (χ0) is 18.7. The molecule has 3 rings (SSSR count). The van der Waals surface area contributed by atoms with Gasteiger partial charge in [-0.2, -0.15) is 4.31 Å². The first-order valence-corrected chi connectivity index (χ1v) is 10.6. The summed E-state index contributed by atoms with van der Waals surface area (Å²) in [5, 5.41) is 0. The highest BCUT2D eigenvalue weighted by Gasteiger charge is 2.33. The maximum atomic E-state index is 13.2. The number of rotatable bonds is 4. The van der Waals surface area contributed by atoms with Gasteiger partial charge >= 0.3 is 0 Å². The molecule has 2 aromatic rings. The Morgan fingerprint density at radius 2 is 1.69 bits per heavy atom. The van der Waals surface area contributed by atoms with E-state index in [0.29, 0.717) is 30.3 Å². The minimum Gasteiger partial charge on any atom is -0.369 e. The summed E-state index contributed by atoms with van der Waals surface area (Å²) in [4.78, 5) is 0.345. The number of aryl methyl sites for hydroxylation is 1. The first-order chi connectivity index (χ1) is 12.4. The molecule has 0 bridgehead atoms. The molecule has 2 aromatic carbocycles. The third-order valence-electron chi connectivity index (χ3n) is 4.95. The van der Waals surface area contributed by atoms with Crippen LogP contribution in [0.4, 0.5) is 0 Å². The molecule has 0 aromatic heterocycles. The van der Waals surface area contributed by atoms with Crippen LogP contribution in [0.25, 0.3) is 0 Å². The normalized spacial score (nSPS) is 22.3. The molecule has 1 aliphatic rings. The Morgan fingerprint density at radius 1 is 1.04 bits per heavy atom. The van der Waals surface area contributed by atoms with Crippen molar-refractivity contribution in [3.05, 3.63) is 65.7 Å². The smallest absolute Gasteiger partial charge is 0.243 e. The lowest BCUT2D eigenvalue weighted by Crippen LogP contribution is -2.34. The Hall–Kier alpha value is -1.69. The first kappa shape index (κ1) is 19.1. The molecule has 5 heteroatoms. The quantitative estimate of drug-likeness (QED) is 0.808. The summed E-state index contributed by atoms with van der Waals surface area (Å²) in [6, 6.07) is 17.0. The van der Waals surface area contributed by atoms with Gasteiger partial charge in [-0.05, 0) is 37.0 Å². The predicted molar refractivity (Wildman–Crippen MR) is 103 cm³/mol. The molecule has 1 fully saturated rings. The van der Waals surface area contributed by atoms with Gasteiger partial charge in [-0.3, -0.25) is 0 Å². The molecule has 1 saturated heterocycles. The van der Waals surface area contributed by atoms with Crippen LogP contribution >= 0.6 is 0 Å². The lowest BCUT2D eigenvalue weighted by molar-refractivity contribution is -0.0287. The van der Waals surface area contributed by atoms with Crippen LogP contribution in [0.2, 0.25) is 0 Å². The largest absolute Gasteiger partial charge is 0.369 e. The minimum absolute atomic E-state index is 0.0402. The molecule has 0 radical (unpaired) electrons. The fourth-order valence-electron chi connectivity index (χ4n) is 3.29. The average Bonchev–Trinajstić information content (AvgIpc) is 2.87. The van der Waals surface area contributed by atoms with Crippen molar-refractivity contribution < 1.29 is 13.2 Å². The lowest BCUT2D eigenvalue weighted by Gasteiger charge is -2.25. The van der Waals surface area contributed by atoms with Crippen LogP contribution in [0.1, 0.15) is 37.5 Å². The van der Waals surface area contributed by atoms with E-state index in [2.05, 4.69) is 13.8 Å². The van der Waals surface area contributed by atoms with Crippen molar-refractivity contribution in [1.82, 2.24) is 4.31 Å². The molecule has 0 spiro atoms. The zero-order valence-corrected chi connectivity index (χ0v) is 16.4. The van der Waals surface area contributed by atoms with Crippen molar-refractivity contribution in [1.29, 1.82) is 0 Å². The molecule has 1 aliphatic heterocycles. The van der Waals surface area contributed by atoms with Crippen molar-refractivity contribution in [3.63, 3.8) is 0 Å². The fourth-order valence-corrected chi connectivity index (χ4v) is 4.74. The fraction of sp³-hybridized carbons (Fsp3) is 0.429. The third-order valence-corrected chi connectivity index (χ3v) is 6.82. The molecular weight excluding hydrogens is 346 g/mol. The van der Waals surface area contributed by atoms with Crippen molar-refractivity contribution in [2.45, 2.75) is 44.3 Å². The number of sulfonamides is 1. The molecule has 4 nitrogen and oxygen atoms in total. The van der Waals surface area contributed by atoms with Gasteiger partial charge in [-0.25, -0.2) is 8.42 Å². The van der Waals surface area contributed by atoms with Crippen LogP contribution < -0.4 is 0 Å². The molecule has 26 heavy (non-hydrogen) atoms. The SMILES string of the molecule is Cc1ccc(S(=O)(=O)N2CC[C@H](C(C)C)O[C@H](c3ccccc3)C2)cc1. The van der Waals surface area contributed by atoms with E-state index in [1.807, 2.05) is 49.4 Å². The van der Waals surface area contributed by atoms with Crippen LogP contribution in [0.3, 0.4) is 0 Å². The number of hydrogen-bond acceptors (Lipinski definition) is 3. The Morgan fingerprint density at radius 3 is 2.31 bits per heavy atom. The predicted octanol–water partition coefficient (Wildman–Crippen LogP) is 4.17. The maximum absolute atomic E-state index is 13.2. The van der Waals surface area contributed by atoms with Crippen LogP contribution in [-0.2, 0) is 14.8 Å². The van der Waals surface area contributed by atoms with E-state index < -0.39 is 10.0 Å². The molecule has 0 N–H and O–H groups in total. The number of ether oxygens (including phenoxy) is 1. The van der Waals surface area contributed by atoms with Gasteiger partial charge in [0.05, 0.1) is 17.1 Å². The summed E-state index contributed by atoms with van der Waals surface area (Å²) in [7, 11) is -3.54. The summed E-state index contributed by atoms with van der Waals surface area (Å²) in [5.74, 6) is 0.336. The van der Waals surface area contributed by atoms with Crippen molar-refractivity contribution >= 4 is 10.0 Å². The molecule has 1 heterocycles. The number of nitrogens with zero attached hydrogens (tertiary/aromatic N) is 1. The molecular formula is C21H27NO3S. The maximum Gasteiger partial charge on any atom is 0.243 e. The lowest BCUT2D eigenvalue weighted by atomic mass is 10.0. The Balaban J connectivity index is 1.92. The van der Waals surface area contributed by atoms with Crippen LogP contribution in [0.15, 0.2) is 59.5 Å². The van der Waals surface area contributed by atoms with Gasteiger partial charge in [0.2, 0.25) is 10.0 Å². The monoisotopic (exact) mass is 373 g/mol. The van der Waals surface area contributed by atoms with Gasteiger partial charge in [-0.15, -0.1) is 0 Å². The summed E-state index contributed by atoms with van der Waals surface area (Å²) in [6.45, 7) is 7.01. The van der Waals surface area contributed by atoms with Gasteiger partial charge in [0.25, 0.3) is 0 Å². The second-order valence-corrected chi connectivity index (χ2v) is 9.22. The Kier molecular flexibility index (Phi) is 5.80. The van der Waals surface area contributed by atoms with Crippen molar-refractivity contribution in [3.8, 4) is 0 Å². The highest BCUT2D eigenvalue weighted by atomic mass is 32.2. The van der Waals surface area contributed by atoms with E-state index in [1.165, 1.54) is 0 Å². The Labute approximate surface area is 156 Å². The summed E-state index contributed by atoms with van der Waals surface area (Å²) in [5.41, 5.74) is 2.06. The van der Waals surface area contributed by atoms with E-state index >= 15 is 0 Å². The molecule has 0 unspecified atom stereocenters. The summed E-state index contributed by atoms with van der Waals surface area (Å²) in [6.07, 6.45) is 0.483. The van der Waals surface area contributed by atoms with Crippen LogP contribution in [0.5, 0.6) is 0 Å². The summed E-state index contributed by atoms with van der Waals surface area (Å²) < 4.78 is 34.3. The van der Waals surface area contributed by atoms with Gasteiger partial charge < -0.3 is 4.74 Å². The molecule has 0 aliphatic carbocycles. The van der Waals surface area contributed by atoms with E-state index in [0.717, 1.165) is 11.1 Å². The van der Waals surface area contributed by atoms with E-state index in [1.54, 1.807) is 16.4 Å². The second-order valence-electron chi connectivity index (χ2n) is 7.28. The van der Waals surface area contributed by atoms with Crippen molar-refractivity contribution in [2.75, 3.05) is 13.1 Å². The molecule has 140 valence electrons. The highest BCUT2D eigenvalue weighted by molar-refractivity contribution is 7.89. The van der Waals surface area contributed by atoms with Gasteiger partial charge in [0.1, 0.15) is 0 Å². The van der Waals surface area contributed by atoms with E-state index in [-0.39, 0.29) is 12.2 Å². The number of benzene rings is 2. The minimum atomic E-state index is -3.54. The zero-order valence-electron chi connectivity index (χ0n) is 15.6. The van der Waals surface area contributed by atoms with Crippen LogP contribution in [-0.4, -0.2) is 31.9 Å². The van der Waals surface area contributed by atoms with Gasteiger partial charge in [0, 0.05) is 13.1 Å². The summed E-state index contributed by atoms with van der Waals surface area (Å²) >= 11 is 0. The van der Waals surface area contributed by atoms with Crippen molar-refractivity contribution in [2.24, 2.45) is 5.92 Å². The third kappa shape index (κ3) is 4.17. The molecule has 0 saturated carbocycles.